The minimum Gasteiger partial charge on any atom is -0.481 e. The summed E-state index contributed by atoms with van der Waals surface area (Å²) in [6.45, 7) is 22.0. The summed E-state index contributed by atoms with van der Waals surface area (Å²) in [6, 6.07) is -0.997. The van der Waals surface area contributed by atoms with Crippen LogP contribution in [0.25, 0.3) is 0 Å². The molecule has 0 unspecified atom stereocenters. The largest absolute Gasteiger partial charge is 0.481 e. The molecule has 0 aromatic rings. The predicted octanol–water partition coefficient (Wildman–Crippen LogP) is 6.51. The van der Waals surface area contributed by atoms with Crippen LogP contribution in [0.1, 0.15) is 140 Å². The molecule has 58 heavy (non-hydrogen) atoms. The first-order valence-corrected chi connectivity index (χ1v) is 22.5. The van der Waals surface area contributed by atoms with Gasteiger partial charge in [0, 0.05) is 36.6 Å². The number of carbonyl (C=O) groups is 3. The summed E-state index contributed by atoms with van der Waals surface area (Å²) < 4.78 is 34.3. The van der Waals surface area contributed by atoms with Crippen molar-refractivity contribution in [3.63, 3.8) is 0 Å². The van der Waals surface area contributed by atoms with E-state index >= 15 is 0 Å². The second kappa shape index (κ2) is 18.5. The number of hydrogen-bond acceptors (Lipinski definition) is 10. The van der Waals surface area contributed by atoms with E-state index in [0.717, 1.165) is 6.42 Å². The molecule has 5 aliphatic heterocycles. The number of aliphatic carboxylic acids is 1. The SMILES string of the molecule is CCNC(=O)N[C@H]1C=C[C@]2(O[C@H]([C@@H](CC)C(=O)[C@@H](C)[C@@H](O)[C@H](C)[C@@H]3O[C@@H]([C@@H](CC)C(=O)O)CC[C@@H]3C)[C@@H](C)C[C@H]2C)O[C@@]12CC[C@@](C)([C@H]1CC[C@](O)(CC)[C@H](C)O1)O2. The maximum Gasteiger partial charge on any atom is 0.315 e. The molecule has 332 valence electrons. The lowest BCUT2D eigenvalue weighted by Gasteiger charge is -2.55. The Kier molecular flexibility index (Phi) is 14.9. The van der Waals surface area contributed by atoms with Crippen LogP contribution in [0, 0.1) is 41.4 Å². The quantitative estimate of drug-likeness (QED) is 0.121. The standard InChI is InChI=1S/C45H76N2O11/c1-12-31(40(50)51)33-17-16-25(5)38(55-33)29(9)36(48)28(8)37(49)32(13-2)39-26(6)24-27(7)44(56-39)21-18-34(47-41(52)46-15-4)45(58-44)23-22-42(11,57-45)35-19-20-43(53,14-3)30(10)54-35/h18,21,25-36,38-39,48,53H,12-17,19-20,22-24H2,1-11H3,(H,50,51)(H2,46,47,52)/t25-,26-,27+,28-,29-,30-,31+,32-,33+,34-,35+,36+,38+,39-,42-,43+,44-,45-/m0/s1. The molecule has 5 rings (SSSR count). The number of carboxylic acids is 1. The molecule has 0 aliphatic carbocycles. The Hall–Kier alpha value is -2.13. The number of aliphatic hydroxyl groups is 2. The second-order valence-corrected chi connectivity index (χ2v) is 19.0. The number of ether oxygens (including phenoxy) is 5. The molecule has 13 heteroatoms. The first kappa shape index (κ1) is 46.9. The van der Waals surface area contributed by atoms with E-state index < -0.39 is 76.8 Å². The molecule has 5 N–H and O–H groups in total. The van der Waals surface area contributed by atoms with Gasteiger partial charge in [-0.3, -0.25) is 9.59 Å². The number of hydrogen-bond donors (Lipinski definition) is 5. The van der Waals surface area contributed by atoms with Gasteiger partial charge in [0.25, 0.3) is 0 Å². The van der Waals surface area contributed by atoms with Gasteiger partial charge in [-0.15, -0.1) is 0 Å². The van der Waals surface area contributed by atoms with Gasteiger partial charge in [-0.1, -0.05) is 61.5 Å². The van der Waals surface area contributed by atoms with Gasteiger partial charge in [-0.25, -0.2) is 4.79 Å². The molecule has 13 nitrogen and oxygen atoms in total. The zero-order valence-corrected chi connectivity index (χ0v) is 37.1. The number of nitrogens with one attached hydrogen (secondary N) is 2. The van der Waals surface area contributed by atoms with Crippen LogP contribution in [-0.4, -0.2) is 105 Å². The van der Waals surface area contributed by atoms with E-state index in [9.17, 15) is 29.7 Å². The molecule has 5 heterocycles. The van der Waals surface area contributed by atoms with Crippen molar-refractivity contribution in [1.82, 2.24) is 10.6 Å². The minimum atomic E-state index is -1.31. The van der Waals surface area contributed by atoms with Crippen molar-refractivity contribution in [3.8, 4) is 0 Å². The Morgan fingerprint density at radius 3 is 2.17 bits per heavy atom. The van der Waals surface area contributed by atoms with Crippen LogP contribution in [0.2, 0.25) is 0 Å². The average molecular weight is 821 g/mol. The van der Waals surface area contributed by atoms with Crippen molar-refractivity contribution in [2.45, 2.75) is 206 Å². The number of ketones is 1. The summed E-state index contributed by atoms with van der Waals surface area (Å²) in [6.07, 6.45) is 6.64. The van der Waals surface area contributed by atoms with Crippen LogP contribution in [-0.2, 0) is 33.3 Å². The third kappa shape index (κ3) is 9.07. The maximum atomic E-state index is 14.6. The molecule has 0 saturated carbocycles. The lowest BCUT2D eigenvalue weighted by molar-refractivity contribution is -0.397. The normalized spacial score (nSPS) is 43.0. The van der Waals surface area contributed by atoms with E-state index in [4.69, 9.17) is 23.7 Å². The van der Waals surface area contributed by atoms with E-state index in [-0.39, 0.29) is 47.9 Å². The van der Waals surface area contributed by atoms with Gasteiger partial charge in [0.1, 0.15) is 11.8 Å². The van der Waals surface area contributed by atoms with Crippen LogP contribution >= 0.6 is 0 Å². The first-order chi connectivity index (χ1) is 27.2. The molecule has 2 amide bonds. The Bertz CT molecular complexity index is 1480. The number of aliphatic hydroxyl groups excluding tert-OH is 1. The molecular formula is C45H76N2O11. The molecule has 0 radical (unpaired) electrons. The first-order valence-electron chi connectivity index (χ1n) is 22.5. The molecule has 0 aromatic carbocycles. The number of amides is 2. The minimum absolute atomic E-state index is 0.0101. The van der Waals surface area contributed by atoms with E-state index in [0.29, 0.717) is 64.3 Å². The van der Waals surface area contributed by atoms with Crippen molar-refractivity contribution in [2.75, 3.05) is 6.54 Å². The molecular weight excluding hydrogens is 744 g/mol. The van der Waals surface area contributed by atoms with Gasteiger partial charge in [0.15, 0.2) is 11.6 Å². The number of carbonyl (C=O) groups excluding carboxylic acids is 2. The second-order valence-electron chi connectivity index (χ2n) is 19.0. The fraction of sp³-hybridized carbons (Fsp3) is 0.889. The fourth-order valence-corrected chi connectivity index (χ4v) is 11.0. The lowest BCUT2D eigenvalue weighted by Crippen LogP contribution is -2.66. The summed E-state index contributed by atoms with van der Waals surface area (Å²) in [5.41, 5.74) is -1.68. The predicted molar refractivity (Wildman–Crippen MR) is 219 cm³/mol. The molecule has 5 aliphatic rings. The smallest absolute Gasteiger partial charge is 0.315 e. The summed E-state index contributed by atoms with van der Waals surface area (Å²) in [5.74, 6) is -5.90. The highest BCUT2D eigenvalue weighted by Crippen LogP contribution is 2.54. The summed E-state index contributed by atoms with van der Waals surface area (Å²) in [5, 5.41) is 38.7. The fourth-order valence-electron chi connectivity index (χ4n) is 11.0. The summed E-state index contributed by atoms with van der Waals surface area (Å²) in [7, 11) is 0. The highest BCUT2D eigenvalue weighted by molar-refractivity contribution is 5.84. The Morgan fingerprint density at radius 1 is 0.879 bits per heavy atom. The van der Waals surface area contributed by atoms with E-state index in [1.807, 2.05) is 60.6 Å². The third-order valence-corrected chi connectivity index (χ3v) is 15.1. The average Bonchev–Trinajstić information content (AvgIpc) is 3.52. The Morgan fingerprint density at radius 2 is 1.57 bits per heavy atom. The summed E-state index contributed by atoms with van der Waals surface area (Å²) >= 11 is 0. The van der Waals surface area contributed by atoms with Crippen molar-refractivity contribution >= 4 is 17.8 Å². The number of Topliss-reactive ketones (excluding diaryl/α,β-unsaturated/α-hetero) is 1. The molecule has 0 bridgehead atoms. The number of rotatable bonds is 14. The molecule has 18 atom stereocenters. The van der Waals surface area contributed by atoms with Gasteiger partial charge in [-0.05, 0) is 96.5 Å². The van der Waals surface area contributed by atoms with Crippen molar-refractivity contribution < 1.29 is 53.4 Å². The topological polar surface area (TPSA) is 182 Å². The highest BCUT2D eigenvalue weighted by Gasteiger charge is 2.63. The summed E-state index contributed by atoms with van der Waals surface area (Å²) in [4.78, 5) is 39.6. The van der Waals surface area contributed by atoms with Gasteiger partial charge < -0.3 is 49.6 Å². The van der Waals surface area contributed by atoms with Gasteiger partial charge in [0.05, 0.1) is 53.7 Å². The lowest BCUT2D eigenvalue weighted by atomic mass is 9.72. The van der Waals surface area contributed by atoms with Crippen molar-refractivity contribution in [3.05, 3.63) is 12.2 Å². The Balaban J connectivity index is 1.38. The van der Waals surface area contributed by atoms with E-state index in [1.165, 1.54) is 0 Å². The zero-order chi connectivity index (χ0) is 43.0. The zero-order valence-electron chi connectivity index (χ0n) is 37.1. The van der Waals surface area contributed by atoms with Crippen LogP contribution in [0.5, 0.6) is 0 Å². The van der Waals surface area contributed by atoms with Crippen LogP contribution in [0.4, 0.5) is 4.79 Å². The van der Waals surface area contributed by atoms with Gasteiger partial charge in [-0.2, -0.15) is 0 Å². The van der Waals surface area contributed by atoms with Crippen molar-refractivity contribution in [1.29, 1.82) is 0 Å². The number of carboxylic acid groups (broad SMARTS) is 1. The van der Waals surface area contributed by atoms with Gasteiger partial charge >= 0.3 is 12.0 Å². The molecule has 2 spiro atoms. The third-order valence-electron chi connectivity index (χ3n) is 15.1. The van der Waals surface area contributed by atoms with E-state index in [1.54, 1.807) is 6.92 Å². The van der Waals surface area contributed by atoms with E-state index in [2.05, 4.69) is 31.4 Å². The molecule has 4 fully saturated rings. The highest BCUT2D eigenvalue weighted by atomic mass is 16.8. The number of urea groups is 1. The van der Waals surface area contributed by atoms with Crippen LogP contribution in [0.3, 0.4) is 0 Å². The van der Waals surface area contributed by atoms with Gasteiger partial charge in [0.2, 0.25) is 0 Å². The molecule has 0 aromatic heterocycles. The monoisotopic (exact) mass is 821 g/mol. The Labute approximate surface area is 347 Å². The molecule has 4 saturated heterocycles. The van der Waals surface area contributed by atoms with Crippen molar-refractivity contribution in [2.24, 2.45) is 41.4 Å². The van der Waals surface area contributed by atoms with Crippen LogP contribution < -0.4 is 10.6 Å². The van der Waals surface area contributed by atoms with Crippen LogP contribution in [0.15, 0.2) is 12.2 Å². The maximum absolute atomic E-state index is 14.6.